The van der Waals surface area contributed by atoms with E-state index in [1.165, 1.54) is 23.1 Å². The average molecular weight is 471 g/mol. The molecule has 0 unspecified atom stereocenters. The number of ether oxygens (including phenoxy) is 2. The van der Waals surface area contributed by atoms with Gasteiger partial charge in [-0.3, -0.25) is 4.79 Å². The van der Waals surface area contributed by atoms with Crippen LogP contribution >= 0.6 is 0 Å². The van der Waals surface area contributed by atoms with E-state index in [4.69, 9.17) is 9.47 Å². The lowest BCUT2D eigenvalue weighted by atomic mass is 9.98. The van der Waals surface area contributed by atoms with E-state index in [9.17, 15) is 14.0 Å². The minimum atomic E-state index is -0.632. The number of amides is 3. The maximum Gasteiger partial charge on any atom is 0.318 e. The van der Waals surface area contributed by atoms with Gasteiger partial charge in [0.2, 0.25) is 0 Å². The van der Waals surface area contributed by atoms with Gasteiger partial charge in [0.05, 0.1) is 25.5 Å². The summed E-state index contributed by atoms with van der Waals surface area (Å²) in [6.07, 6.45) is 0.329. The van der Waals surface area contributed by atoms with Gasteiger partial charge in [0, 0.05) is 37.2 Å². The van der Waals surface area contributed by atoms with E-state index < -0.39 is 17.8 Å². The minimum absolute atomic E-state index is 0.0942. The summed E-state index contributed by atoms with van der Waals surface area (Å²) in [6.45, 7) is 3.96. The van der Waals surface area contributed by atoms with Crippen LogP contribution in [-0.4, -0.2) is 67.5 Å². The van der Waals surface area contributed by atoms with Crippen LogP contribution in [0.2, 0.25) is 0 Å². The SMILES string of the molecule is COCCN(CC(=O)N1N=C(c2cccc(OC)c2)C[C@H]1c1ccccc1F)C(=O)NC(C)C. The maximum atomic E-state index is 14.7. The zero-order valence-corrected chi connectivity index (χ0v) is 20.0. The molecule has 1 heterocycles. The third-order valence-corrected chi connectivity index (χ3v) is 5.42. The van der Waals surface area contributed by atoms with Crippen molar-refractivity contribution in [2.45, 2.75) is 32.4 Å². The van der Waals surface area contributed by atoms with Crippen LogP contribution in [0, 0.1) is 5.82 Å². The Balaban J connectivity index is 1.92. The number of carbonyl (C=O) groups excluding carboxylic acids is 2. The van der Waals surface area contributed by atoms with Crippen molar-refractivity contribution in [1.82, 2.24) is 15.2 Å². The van der Waals surface area contributed by atoms with Crippen LogP contribution in [-0.2, 0) is 9.53 Å². The van der Waals surface area contributed by atoms with E-state index in [1.54, 1.807) is 25.3 Å². The summed E-state index contributed by atoms with van der Waals surface area (Å²) in [7, 11) is 3.10. The number of nitrogens with zero attached hydrogens (tertiary/aromatic N) is 3. The molecule has 0 aliphatic carbocycles. The molecule has 3 amide bonds. The van der Waals surface area contributed by atoms with E-state index >= 15 is 0 Å². The fourth-order valence-corrected chi connectivity index (χ4v) is 3.73. The van der Waals surface area contributed by atoms with Gasteiger partial charge in [-0.1, -0.05) is 30.3 Å². The smallest absolute Gasteiger partial charge is 0.318 e. The molecule has 1 atom stereocenters. The Kier molecular flexibility index (Phi) is 8.59. The molecule has 8 nitrogen and oxygen atoms in total. The summed E-state index contributed by atoms with van der Waals surface area (Å²) in [6, 6.07) is 12.6. The Morgan fingerprint density at radius 2 is 1.97 bits per heavy atom. The first kappa shape index (κ1) is 25.2. The van der Waals surface area contributed by atoms with Crippen molar-refractivity contribution < 1.29 is 23.5 Å². The predicted molar refractivity (Wildman–Crippen MR) is 127 cm³/mol. The standard InChI is InChI=1S/C25H31FN4O4/c1-17(2)27-25(32)29(12-13-33-3)16-24(31)30-23(20-10-5-6-11-21(20)26)15-22(28-30)18-8-7-9-19(14-18)34-4/h5-11,14,17,23H,12-13,15-16H2,1-4H3,(H,27,32)/t23-/m0/s1. The highest BCUT2D eigenvalue weighted by molar-refractivity contribution is 6.03. The van der Waals surface area contributed by atoms with Gasteiger partial charge in [-0.05, 0) is 32.0 Å². The Hall–Kier alpha value is -3.46. The highest BCUT2D eigenvalue weighted by Gasteiger charge is 2.35. The van der Waals surface area contributed by atoms with Crippen molar-refractivity contribution in [2.75, 3.05) is 33.9 Å². The van der Waals surface area contributed by atoms with E-state index in [2.05, 4.69) is 10.4 Å². The molecule has 182 valence electrons. The normalized spacial score (nSPS) is 15.3. The number of hydrogen-bond donors (Lipinski definition) is 1. The van der Waals surface area contributed by atoms with Crippen LogP contribution in [0.15, 0.2) is 53.6 Å². The topological polar surface area (TPSA) is 83.5 Å². The van der Waals surface area contributed by atoms with Gasteiger partial charge in [-0.15, -0.1) is 0 Å². The molecule has 1 N–H and O–H groups in total. The van der Waals surface area contributed by atoms with E-state index in [0.29, 0.717) is 23.4 Å². The van der Waals surface area contributed by atoms with Gasteiger partial charge in [-0.25, -0.2) is 14.2 Å². The van der Waals surface area contributed by atoms with E-state index in [0.717, 1.165) is 5.56 Å². The molecule has 1 aliphatic heterocycles. The second-order valence-electron chi connectivity index (χ2n) is 8.28. The van der Waals surface area contributed by atoms with Crippen molar-refractivity contribution in [3.63, 3.8) is 0 Å². The van der Waals surface area contributed by atoms with Gasteiger partial charge >= 0.3 is 6.03 Å². The van der Waals surface area contributed by atoms with Crippen molar-refractivity contribution in [2.24, 2.45) is 5.10 Å². The molecule has 9 heteroatoms. The Morgan fingerprint density at radius 3 is 2.65 bits per heavy atom. The molecule has 2 aromatic rings. The largest absolute Gasteiger partial charge is 0.497 e. The summed E-state index contributed by atoms with van der Waals surface area (Å²) in [5.74, 6) is -0.175. The number of halogens is 1. The second-order valence-corrected chi connectivity index (χ2v) is 8.28. The Labute approximate surface area is 199 Å². The molecule has 34 heavy (non-hydrogen) atoms. The van der Waals surface area contributed by atoms with Crippen LogP contribution in [0.4, 0.5) is 9.18 Å². The third-order valence-electron chi connectivity index (χ3n) is 5.42. The second kappa shape index (κ2) is 11.6. The summed E-state index contributed by atoms with van der Waals surface area (Å²) in [5.41, 5.74) is 1.79. The van der Waals surface area contributed by atoms with Crippen molar-refractivity contribution in [3.05, 3.63) is 65.5 Å². The van der Waals surface area contributed by atoms with E-state index in [1.807, 2.05) is 38.1 Å². The summed E-state index contributed by atoms with van der Waals surface area (Å²) in [4.78, 5) is 27.4. The van der Waals surface area contributed by atoms with Crippen LogP contribution in [0.5, 0.6) is 5.75 Å². The number of hydrogen-bond acceptors (Lipinski definition) is 5. The molecular weight excluding hydrogens is 439 g/mol. The maximum absolute atomic E-state index is 14.7. The first-order valence-electron chi connectivity index (χ1n) is 11.2. The number of methoxy groups -OCH3 is 2. The molecule has 0 aromatic heterocycles. The summed E-state index contributed by atoms with van der Waals surface area (Å²) >= 11 is 0. The molecule has 0 saturated carbocycles. The predicted octanol–water partition coefficient (Wildman–Crippen LogP) is 3.58. The van der Waals surface area contributed by atoms with Gasteiger partial charge < -0.3 is 19.7 Å². The van der Waals surface area contributed by atoms with Crippen LogP contribution < -0.4 is 10.1 Å². The molecule has 0 saturated heterocycles. The van der Waals surface area contributed by atoms with Crippen LogP contribution in [0.3, 0.4) is 0 Å². The lowest BCUT2D eigenvalue weighted by molar-refractivity contribution is -0.133. The van der Waals surface area contributed by atoms with E-state index in [-0.39, 0.29) is 31.8 Å². The molecule has 3 rings (SSSR count). The molecule has 0 bridgehead atoms. The van der Waals surface area contributed by atoms with Crippen molar-refractivity contribution in [3.8, 4) is 5.75 Å². The first-order valence-corrected chi connectivity index (χ1v) is 11.2. The molecular formula is C25H31FN4O4. The molecule has 0 spiro atoms. The third kappa shape index (κ3) is 6.11. The number of rotatable bonds is 9. The van der Waals surface area contributed by atoms with Crippen LogP contribution in [0.25, 0.3) is 0 Å². The van der Waals surface area contributed by atoms with Gasteiger partial charge in [0.1, 0.15) is 18.1 Å². The molecule has 0 fully saturated rings. The zero-order valence-electron chi connectivity index (χ0n) is 20.0. The number of carbonyl (C=O) groups is 2. The Morgan fingerprint density at radius 1 is 1.21 bits per heavy atom. The average Bonchev–Trinajstić information content (AvgIpc) is 3.27. The zero-order chi connectivity index (χ0) is 24.7. The number of hydrazone groups is 1. The number of urea groups is 1. The van der Waals surface area contributed by atoms with Gasteiger partial charge in [-0.2, -0.15) is 5.10 Å². The fourth-order valence-electron chi connectivity index (χ4n) is 3.73. The van der Waals surface area contributed by atoms with Crippen molar-refractivity contribution >= 4 is 17.6 Å². The fraction of sp³-hybridized carbons (Fsp3) is 0.400. The van der Waals surface area contributed by atoms with Crippen molar-refractivity contribution in [1.29, 1.82) is 0 Å². The van der Waals surface area contributed by atoms with Gasteiger partial charge in [0.25, 0.3) is 5.91 Å². The quantitative estimate of drug-likeness (QED) is 0.607. The highest BCUT2D eigenvalue weighted by atomic mass is 19.1. The Bertz CT molecular complexity index is 1040. The van der Waals surface area contributed by atoms with Crippen LogP contribution in [0.1, 0.15) is 37.4 Å². The summed E-state index contributed by atoms with van der Waals surface area (Å²) < 4.78 is 25.1. The lowest BCUT2D eigenvalue weighted by Gasteiger charge is -2.27. The minimum Gasteiger partial charge on any atom is -0.497 e. The first-order chi connectivity index (χ1) is 16.3. The molecule has 1 aliphatic rings. The molecule has 2 aromatic carbocycles. The molecule has 0 radical (unpaired) electrons. The number of nitrogens with one attached hydrogen (secondary N) is 1. The monoisotopic (exact) mass is 470 g/mol. The number of benzene rings is 2. The highest BCUT2D eigenvalue weighted by Crippen LogP contribution is 2.34. The summed E-state index contributed by atoms with van der Waals surface area (Å²) in [5, 5.41) is 8.66. The lowest BCUT2D eigenvalue weighted by Crippen LogP contribution is -2.48. The van der Waals surface area contributed by atoms with Gasteiger partial charge in [0.15, 0.2) is 0 Å².